The highest BCUT2D eigenvalue weighted by Crippen LogP contribution is 2.38. The Bertz CT molecular complexity index is 1390. The number of benzene rings is 1. The zero-order valence-corrected chi connectivity index (χ0v) is 26.2. The average Bonchev–Trinajstić information content (AvgIpc) is 2.95. The van der Waals surface area contributed by atoms with Gasteiger partial charge in [0.2, 0.25) is 25.5 Å². The van der Waals surface area contributed by atoms with Crippen molar-refractivity contribution < 1.29 is 22.4 Å². The van der Waals surface area contributed by atoms with Crippen molar-refractivity contribution >= 4 is 37.1 Å². The van der Waals surface area contributed by atoms with Crippen LogP contribution >= 0.6 is 11.6 Å². The van der Waals surface area contributed by atoms with E-state index in [1.165, 1.54) is 35.2 Å². The van der Waals surface area contributed by atoms with Crippen LogP contribution in [0.1, 0.15) is 44.7 Å². The van der Waals surface area contributed by atoms with Crippen molar-refractivity contribution in [3.63, 3.8) is 0 Å². The van der Waals surface area contributed by atoms with E-state index in [0.29, 0.717) is 31.1 Å². The van der Waals surface area contributed by atoms with Gasteiger partial charge in [0, 0.05) is 42.6 Å². The van der Waals surface area contributed by atoms with Crippen molar-refractivity contribution in [2.24, 2.45) is 5.41 Å². The average molecular weight is 619 g/mol. The summed E-state index contributed by atoms with van der Waals surface area (Å²) in [6.45, 7) is 8.98. The molecule has 1 N–H and O–H groups in total. The summed E-state index contributed by atoms with van der Waals surface area (Å²) < 4.78 is 48.9. The maximum absolute atomic E-state index is 15.8. The van der Waals surface area contributed by atoms with Crippen molar-refractivity contribution in [2.75, 3.05) is 18.5 Å². The van der Waals surface area contributed by atoms with Gasteiger partial charge in [0.05, 0.1) is 16.8 Å². The second kappa shape index (κ2) is 14.1. The zero-order chi connectivity index (χ0) is 29.6. The molecule has 1 atom stereocenters. The molecule has 0 spiro atoms. The predicted octanol–water partition coefficient (Wildman–Crippen LogP) is 5.53. The Hall–Kier alpha value is -2.49. The molecule has 3 heterocycles. The summed E-state index contributed by atoms with van der Waals surface area (Å²) in [4.78, 5) is 22.3. The molecule has 1 saturated heterocycles. The number of hydrogen-bond donors (Lipinski definition) is 1. The maximum atomic E-state index is 15.8. The third kappa shape index (κ3) is 7.68. The molecule has 2 aromatic heterocycles. The molecule has 218 valence electrons. The smallest absolute Gasteiger partial charge is 0.287 e. The number of hydrogen-bond acceptors (Lipinski definition) is 7. The van der Waals surface area contributed by atoms with E-state index in [4.69, 9.17) is 25.2 Å². The number of anilines is 1. The Kier molecular flexibility index (Phi) is 10.8. The molecule has 0 amide bonds. The topological polar surface area (TPSA) is 87.5 Å². The van der Waals surface area contributed by atoms with Gasteiger partial charge < -0.3 is 23.5 Å². The molecule has 1 unspecified atom stereocenters. The molecule has 1 aliphatic heterocycles. The molecule has 0 bridgehead atoms. The van der Waals surface area contributed by atoms with E-state index in [1.54, 1.807) is 12.1 Å². The van der Waals surface area contributed by atoms with Gasteiger partial charge in [-0.05, 0) is 62.2 Å². The molecule has 8 nitrogen and oxygen atoms in total. The first-order valence-electron chi connectivity index (χ1n) is 13.3. The van der Waals surface area contributed by atoms with Crippen molar-refractivity contribution in [1.29, 1.82) is 0 Å². The van der Waals surface area contributed by atoms with Crippen LogP contribution in [0.3, 0.4) is 0 Å². The van der Waals surface area contributed by atoms with Gasteiger partial charge in [-0.1, -0.05) is 31.5 Å². The van der Waals surface area contributed by atoms with Crippen LogP contribution < -0.4 is 10.9 Å². The zero-order valence-electron chi connectivity index (χ0n) is 23.4. The lowest BCUT2D eigenvalue weighted by molar-refractivity contribution is -0.0856. The minimum absolute atomic E-state index is 0.0431. The van der Waals surface area contributed by atoms with Gasteiger partial charge in [0.25, 0.3) is 5.56 Å². The van der Waals surface area contributed by atoms with E-state index in [1.807, 2.05) is 26.9 Å². The van der Waals surface area contributed by atoms with Crippen LogP contribution in [0.2, 0.25) is 18.1 Å². The number of nitrogens with zero attached hydrogens (tertiary/aromatic N) is 3. The molecule has 1 aliphatic rings. The largest absolute Gasteiger partial charge is 0.394 e. The van der Waals surface area contributed by atoms with Crippen molar-refractivity contribution in [2.45, 2.75) is 64.6 Å². The summed E-state index contributed by atoms with van der Waals surface area (Å²) >= 11 is 5.95. The number of rotatable bonds is 12. The first-order chi connectivity index (χ1) is 19.6. The van der Waals surface area contributed by atoms with Gasteiger partial charge in [-0.15, -0.1) is 0 Å². The van der Waals surface area contributed by atoms with Crippen LogP contribution in [-0.4, -0.2) is 59.6 Å². The van der Waals surface area contributed by atoms with Gasteiger partial charge in [0.1, 0.15) is 12.1 Å². The Morgan fingerprint density at radius 3 is 2.54 bits per heavy atom. The second-order valence-electron chi connectivity index (χ2n) is 10.4. The summed E-state index contributed by atoms with van der Waals surface area (Å²) in [7, 11) is 0.350. The van der Waals surface area contributed by atoms with Crippen molar-refractivity contribution in [1.82, 2.24) is 14.5 Å². The van der Waals surface area contributed by atoms with Crippen LogP contribution in [0.4, 0.5) is 14.7 Å². The second-order valence-corrected chi connectivity index (χ2v) is 12.1. The fourth-order valence-corrected chi connectivity index (χ4v) is 6.19. The molecule has 0 saturated carbocycles. The summed E-state index contributed by atoms with van der Waals surface area (Å²) in [6, 6.07) is 6.83. The summed E-state index contributed by atoms with van der Waals surface area (Å²) in [5.74, 6) is -1.24. The van der Waals surface area contributed by atoms with E-state index in [-0.39, 0.29) is 41.8 Å². The summed E-state index contributed by atoms with van der Waals surface area (Å²) in [5, 5.41) is 3.22. The fraction of sp³-hybridized carbons (Fsp3) is 0.464. The van der Waals surface area contributed by atoms with E-state index >= 15 is 4.39 Å². The molecule has 13 heteroatoms. The van der Waals surface area contributed by atoms with E-state index in [2.05, 4.69) is 15.3 Å². The molecular weight excluding hydrogens is 586 g/mol. The lowest BCUT2D eigenvalue weighted by atomic mass is 9.82. The van der Waals surface area contributed by atoms with Gasteiger partial charge in [-0.3, -0.25) is 4.79 Å². The van der Waals surface area contributed by atoms with E-state index < -0.39 is 34.9 Å². The maximum Gasteiger partial charge on any atom is 0.287 e. The number of halogens is 3. The first kappa shape index (κ1) is 31.4. The predicted molar refractivity (Wildman–Crippen MR) is 156 cm³/mol. The highest BCUT2D eigenvalue weighted by Gasteiger charge is 2.35. The van der Waals surface area contributed by atoms with E-state index in [0.717, 1.165) is 12.8 Å². The third-order valence-corrected chi connectivity index (χ3v) is 8.22. The Morgan fingerprint density at radius 1 is 1.17 bits per heavy atom. The molecule has 0 aliphatic carbocycles. The lowest BCUT2D eigenvalue weighted by Gasteiger charge is -2.37. The van der Waals surface area contributed by atoms with Gasteiger partial charge in [-0.2, -0.15) is 0 Å². The SMILES string of the molecule is C[Si]OC(O[Si]C)C(C)(C)CC(c1ccc(Cl)c(F)c1)n1ccc(-c2ccnc(NC3CCOCC3)n2)c(F)c1=O. The van der Waals surface area contributed by atoms with Gasteiger partial charge >= 0.3 is 0 Å². The highest BCUT2D eigenvalue weighted by molar-refractivity contribution is 6.30. The third-order valence-electron chi connectivity index (χ3n) is 7.02. The van der Waals surface area contributed by atoms with Crippen molar-refractivity contribution in [3.8, 4) is 11.3 Å². The van der Waals surface area contributed by atoms with Crippen LogP contribution in [0.15, 0.2) is 47.5 Å². The Labute approximate surface area is 248 Å². The Balaban J connectivity index is 1.71. The fourth-order valence-electron chi connectivity index (χ4n) is 4.82. The highest BCUT2D eigenvalue weighted by atomic mass is 35.5. The number of aromatic nitrogens is 3. The van der Waals surface area contributed by atoms with Gasteiger partial charge in [0.15, 0.2) is 5.82 Å². The van der Waals surface area contributed by atoms with Gasteiger partial charge in [-0.25, -0.2) is 18.7 Å². The minimum atomic E-state index is -0.963. The summed E-state index contributed by atoms with van der Waals surface area (Å²) in [6.07, 6.45) is 4.39. The minimum Gasteiger partial charge on any atom is -0.394 e. The van der Waals surface area contributed by atoms with E-state index in [9.17, 15) is 9.18 Å². The molecule has 4 radical (unpaired) electrons. The Morgan fingerprint density at radius 2 is 1.88 bits per heavy atom. The first-order valence-corrected chi connectivity index (χ1v) is 16.5. The molecule has 1 aromatic carbocycles. The quantitative estimate of drug-likeness (QED) is 0.211. The monoisotopic (exact) mass is 618 g/mol. The van der Waals surface area contributed by atoms with Crippen molar-refractivity contribution in [3.05, 3.63) is 75.3 Å². The standard InChI is InChI=1S/C28H33ClF2N4O4Si2/c1-28(2,26(38-40-3)39-41-4)16-23(17-5-6-20(29)21(30)15-17)35-12-8-19(24(31)25(35)36)22-7-11-32-27(34-22)33-18-9-13-37-14-10-18/h5-8,11-12,15,18,23,26H,9-10,13-14,16H2,1-4H3,(H,32,33,34). The molecule has 3 aromatic rings. The number of pyridine rings is 1. The van der Waals surface area contributed by atoms with Crippen LogP contribution in [-0.2, 0) is 13.6 Å². The molecule has 1 fully saturated rings. The summed E-state index contributed by atoms with van der Waals surface area (Å²) in [5.41, 5.74) is -0.688. The van der Waals surface area contributed by atoms with Crippen LogP contribution in [0.25, 0.3) is 11.3 Å². The van der Waals surface area contributed by atoms with Crippen LogP contribution in [0, 0.1) is 17.0 Å². The number of ether oxygens (including phenoxy) is 1. The number of nitrogens with one attached hydrogen (secondary N) is 1. The lowest BCUT2D eigenvalue weighted by Crippen LogP contribution is -2.39. The molecular formula is C28H33ClF2N4O4Si2. The molecule has 4 rings (SSSR count). The van der Waals surface area contributed by atoms with Crippen LogP contribution in [0.5, 0.6) is 0 Å². The normalized spacial score (nSPS) is 15.3. The molecule has 41 heavy (non-hydrogen) atoms.